The quantitative estimate of drug-likeness (QED) is 0.195. The van der Waals surface area contributed by atoms with Gasteiger partial charge in [0, 0.05) is 32.4 Å². The average molecular weight is 508 g/mol. The summed E-state index contributed by atoms with van der Waals surface area (Å²) < 4.78 is 27.3. The number of hydrogen-bond acceptors (Lipinski definition) is 7. The van der Waals surface area contributed by atoms with Crippen molar-refractivity contribution in [2.45, 2.75) is 11.1 Å². The van der Waals surface area contributed by atoms with E-state index in [0.29, 0.717) is 47.9 Å². The minimum absolute atomic E-state index is 0.0317. The molecule has 0 saturated carbocycles. The Morgan fingerprint density at radius 2 is 1.53 bits per heavy atom. The number of hydrogen-bond donors (Lipinski definition) is 0. The standard InChI is InChI=1S/C26H23F2N5O2S/c1-36-26-25(33(34)35)24(22-21(30-26)3-2-12-29-22)32-15-13-31(14-16-32)23(17-4-8-19(27)9-5-17)18-6-10-20(28)11-7-18/h2-12,23H,13-16H2,1H3. The van der Waals surface area contributed by atoms with E-state index in [1.165, 1.54) is 36.0 Å². The lowest BCUT2D eigenvalue weighted by Gasteiger charge is -2.40. The van der Waals surface area contributed by atoms with E-state index >= 15 is 0 Å². The predicted molar refractivity (Wildman–Crippen MR) is 136 cm³/mol. The zero-order valence-electron chi connectivity index (χ0n) is 19.5. The van der Waals surface area contributed by atoms with E-state index in [0.717, 1.165) is 11.1 Å². The number of halogens is 2. The van der Waals surface area contributed by atoms with Crippen molar-refractivity contribution in [3.05, 3.63) is 99.7 Å². The highest BCUT2D eigenvalue weighted by Crippen LogP contribution is 2.41. The number of piperazine rings is 1. The lowest BCUT2D eigenvalue weighted by Crippen LogP contribution is -2.48. The Bertz CT molecular complexity index is 1350. The first kappa shape index (κ1) is 24.1. The van der Waals surface area contributed by atoms with Crippen molar-refractivity contribution < 1.29 is 13.7 Å². The molecule has 7 nitrogen and oxygen atoms in total. The summed E-state index contributed by atoms with van der Waals surface area (Å²) in [5, 5.41) is 12.5. The molecule has 4 aromatic rings. The molecule has 2 aromatic carbocycles. The molecule has 0 unspecified atom stereocenters. The number of thioether (sulfide) groups is 1. The van der Waals surface area contributed by atoms with Gasteiger partial charge < -0.3 is 4.90 Å². The van der Waals surface area contributed by atoms with Crippen LogP contribution in [0.2, 0.25) is 0 Å². The number of anilines is 1. The Balaban J connectivity index is 1.50. The molecule has 0 bridgehead atoms. The molecule has 0 aliphatic carbocycles. The molecule has 2 aromatic heterocycles. The second kappa shape index (κ2) is 10.2. The van der Waals surface area contributed by atoms with Crippen LogP contribution in [0.1, 0.15) is 17.2 Å². The van der Waals surface area contributed by atoms with E-state index in [-0.39, 0.29) is 28.3 Å². The largest absolute Gasteiger partial charge is 0.361 e. The van der Waals surface area contributed by atoms with Crippen LogP contribution in [0, 0.1) is 21.7 Å². The van der Waals surface area contributed by atoms with Crippen molar-refractivity contribution >= 4 is 34.2 Å². The predicted octanol–water partition coefficient (Wildman–Crippen LogP) is 5.45. The Labute approximate surface area is 210 Å². The van der Waals surface area contributed by atoms with E-state index in [2.05, 4.69) is 14.9 Å². The second-order valence-corrected chi connectivity index (χ2v) is 9.27. The summed E-state index contributed by atoms with van der Waals surface area (Å²) in [5.41, 5.74) is 3.35. The molecule has 0 amide bonds. The molecule has 1 saturated heterocycles. The van der Waals surface area contributed by atoms with E-state index in [1.807, 2.05) is 11.0 Å². The summed E-state index contributed by atoms with van der Waals surface area (Å²) in [4.78, 5) is 24.9. The maximum Gasteiger partial charge on any atom is 0.326 e. The topological polar surface area (TPSA) is 75.4 Å². The lowest BCUT2D eigenvalue weighted by atomic mass is 9.96. The van der Waals surface area contributed by atoms with Crippen molar-refractivity contribution in [3.8, 4) is 0 Å². The highest BCUT2D eigenvalue weighted by atomic mass is 32.2. The van der Waals surface area contributed by atoms with Crippen LogP contribution in [0.3, 0.4) is 0 Å². The second-order valence-electron chi connectivity index (χ2n) is 8.48. The molecule has 0 N–H and O–H groups in total. The number of nitrogens with zero attached hydrogens (tertiary/aromatic N) is 5. The van der Waals surface area contributed by atoms with Gasteiger partial charge in [-0.15, -0.1) is 11.8 Å². The maximum absolute atomic E-state index is 13.6. The Morgan fingerprint density at radius 3 is 2.06 bits per heavy atom. The van der Waals surface area contributed by atoms with Gasteiger partial charge in [0.2, 0.25) is 0 Å². The third-order valence-corrected chi connectivity index (χ3v) is 7.07. The fourth-order valence-electron chi connectivity index (χ4n) is 4.76. The monoisotopic (exact) mass is 507 g/mol. The SMILES string of the molecule is CSc1nc2cccnc2c(N2CCN(C(c3ccc(F)cc3)c3ccc(F)cc3)CC2)c1[N+](=O)[O-]. The van der Waals surface area contributed by atoms with Crippen molar-refractivity contribution in [1.29, 1.82) is 0 Å². The summed E-state index contributed by atoms with van der Waals surface area (Å²) in [5.74, 6) is -0.647. The van der Waals surface area contributed by atoms with Crippen LogP contribution in [-0.2, 0) is 0 Å². The molecular formula is C26H23F2N5O2S. The average Bonchev–Trinajstić information content (AvgIpc) is 2.90. The third-order valence-electron chi connectivity index (χ3n) is 6.40. The van der Waals surface area contributed by atoms with Crippen LogP contribution in [0.25, 0.3) is 11.0 Å². The van der Waals surface area contributed by atoms with E-state index in [9.17, 15) is 18.9 Å². The number of aromatic nitrogens is 2. The van der Waals surface area contributed by atoms with Crippen LogP contribution < -0.4 is 4.90 Å². The first-order valence-corrected chi connectivity index (χ1v) is 12.7. The molecule has 10 heteroatoms. The number of benzene rings is 2. The number of pyridine rings is 2. The van der Waals surface area contributed by atoms with Crippen LogP contribution in [0.15, 0.2) is 71.9 Å². The summed E-state index contributed by atoms with van der Waals surface area (Å²) in [6.45, 7) is 2.20. The first-order valence-electron chi connectivity index (χ1n) is 11.4. The van der Waals surface area contributed by atoms with Gasteiger partial charge in [-0.1, -0.05) is 24.3 Å². The van der Waals surface area contributed by atoms with E-state index in [1.54, 1.807) is 42.8 Å². The molecule has 1 aliphatic heterocycles. The maximum atomic E-state index is 13.6. The van der Waals surface area contributed by atoms with E-state index in [4.69, 9.17) is 0 Å². The highest BCUT2D eigenvalue weighted by Gasteiger charge is 2.33. The minimum Gasteiger partial charge on any atom is -0.361 e. The van der Waals surface area contributed by atoms with Gasteiger partial charge in [0.15, 0.2) is 5.03 Å². The number of fused-ring (bicyclic) bond motifs is 1. The highest BCUT2D eigenvalue weighted by molar-refractivity contribution is 7.98. The van der Waals surface area contributed by atoms with Gasteiger partial charge >= 0.3 is 5.69 Å². The van der Waals surface area contributed by atoms with Crippen molar-refractivity contribution in [1.82, 2.24) is 14.9 Å². The molecule has 36 heavy (non-hydrogen) atoms. The van der Waals surface area contributed by atoms with Gasteiger partial charge in [-0.3, -0.25) is 20.0 Å². The third kappa shape index (κ3) is 4.61. The normalized spacial score (nSPS) is 14.5. The summed E-state index contributed by atoms with van der Waals surface area (Å²) in [6.07, 6.45) is 3.39. The summed E-state index contributed by atoms with van der Waals surface area (Å²) >= 11 is 1.24. The fourth-order valence-corrected chi connectivity index (χ4v) is 5.31. The fraction of sp³-hybridized carbons (Fsp3) is 0.231. The van der Waals surface area contributed by atoms with Gasteiger partial charge in [-0.05, 0) is 53.8 Å². The first-order chi connectivity index (χ1) is 17.5. The molecule has 5 rings (SSSR count). The van der Waals surface area contributed by atoms with Crippen LogP contribution in [-0.4, -0.2) is 52.2 Å². The molecule has 0 atom stereocenters. The number of rotatable bonds is 6. The Kier molecular flexibility index (Phi) is 6.80. The summed E-state index contributed by atoms with van der Waals surface area (Å²) in [7, 11) is 0. The molecule has 1 fully saturated rings. The van der Waals surface area contributed by atoms with Crippen LogP contribution >= 0.6 is 11.8 Å². The molecule has 184 valence electrons. The Morgan fingerprint density at radius 1 is 0.944 bits per heavy atom. The van der Waals surface area contributed by atoms with Crippen molar-refractivity contribution in [2.24, 2.45) is 0 Å². The van der Waals surface area contributed by atoms with E-state index < -0.39 is 0 Å². The van der Waals surface area contributed by atoms with Crippen LogP contribution in [0.4, 0.5) is 20.2 Å². The van der Waals surface area contributed by atoms with Crippen molar-refractivity contribution in [2.75, 3.05) is 37.3 Å². The number of nitro groups is 1. The molecular weight excluding hydrogens is 484 g/mol. The van der Waals surface area contributed by atoms with Gasteiger partial charge in [-0.25, -0.2) is 13.8 Å². The molecule has 1 aliphatic rings. The minimum atomic E-state index is -0.380. The van der Waals surface area contributed by atoms with Crippen LogP contribution in [0.5, 0.6) is 0 Å². The zero-order chi connectivity index (χ0) is 25.2. The summed E-state index contributed by atoms with van der Waals surface area (Å²) in [6, 6.07) is 16.0. The van der Waals surface area contributed by atoms with Gasteiger partial charge in [0.1, 0.15) is 22.8 Å². The Hall–Kier alpha value is -3.63. The molecule has 0 spiro atoms. The molecule has 0 radical (unpaired) electrons. The smallest absolute Gasteiger partial charge is 0.326 e. The zero-order valence-corrected chi connectivity index (χ0v) is 20.3. The van der Waals surface area contributed by atoms with Gasteiger partial charge in [0.25, 0.3) is 0 Å². The van der Waals surface area contributed by atoms with Crippen molar-refractivity contribution in [3.63, 3.8) is 0 Å². The van der Waals surface area contributed by atoms with Gasteiger partial charge in [0.05, 0.1) is 16.5 Å². The molecule has 3 heterocycles. The lowest BCUT2D eigenvalue weighted by molar-refractivity contribution is -0.387. The van der Waals surface area contributed by atoms with Gasteiger partial charge in [-0.2, -0.15) is 0 Å².